The van der Waals surface area contributed by atoms with E-state index in [0.717, 1.165) is 16.7 Å². The Morgan fingerprint density at radius 3 is 3.00 bits per heavy atom. The van der Waals surface area contributed by atoms with E-state index < -0.39 is 0 Å². The molecule has 3 nitrogen and oxygen atoms in total. The number of hydrogen-bond donors (Lipinski definition) is 2. The number of H-pyrrole nitrogens is 1. The largest absolute Gasteiger partial charge is 0.356 e. The van der Waals surface area contributed by atoms with Crippen LogP contribution in [0.25, 0.3) is 11.0 Å². The molecule has 0 saturated heterocycles. The van der Waals surface area contributed by atoms with E-state index >= 15 is 0 Å². The predicted molar refractivity (Wildman–Crippen MR) is 53.7 cm³/mol. The maximum atomic E-state index is 5.79. The molecule has 68 valence electrons. The highest BCUT2D eigenvalue weighted by molar-refractivity contribution is 6.31. The summed E-state index contributed by atoms with van der Waals surface area (Å²) < 4.78 is 0. The Morgan fingerprint density at radius 1 is 1.54 bits per heavy atom. The summed E-state index contributed by atoms with van der Waals surface area (Å²) in [6.07, 6.45) is 1.63. The van der Waals surface area contributed by atoms with Gasteiger partial charge in [0.1, 0.15) is 0 Å². The van der Waals surface area contributed by atoms with Gasteiger partial charge in [-0.15, -0.1) is 0 Å². The molecule has 0 radical (unpaired) electrons. The SMILES string of the molecule is CC(N)c1cc2ncc(Cl)cc2[nH]1. The summed E-state index contributed by atoms with van der Waals surface area (Å²) in [6, 6.07) is 3.78. The minimum Gasteiger partial charge on any atom is -0.356 e. The third-order valence-electron chi connectivity index (χ3n) is 1.95. The Balaban J connectivity index is 2.62. The number of aromatic nitrogens is 2. The molecule has 2 heterocycles. The summed E-state index contributed by atoms with van der Waals surface area (Å²) in [4.78, 5) is 7.33. The van der Waals surface area contributed by atoms with E-state index in [2.05, 4.69) is 9.97 Å². The lowest BCUT2D eigenvalue weighted by molar-refractivity contribution is 0.792. The van der Waals surface area contributed by atoms with Gasteiger partial charge in [0.2, 0.25) is 0 Å². The fourth-order valence-corrected chi connectivity index (χ4v) is 1.41. The minimum absolute atomic E-state index is 0.00650. The molecule has 2 rings (SSSR count). The summed E-state index contributed by atoms with van der Waals surface area (Å²) in [7, 11) is 0. The summed E-state index contributed by atoms with van der Waals surface area (Å²) in [5.74, 6) is 0. The second-order valence-corrected chi connectivity index (χ2v) is 3.54. The zero-order valence-corrected chi connectivity index (χ0v) is 7.97. The van der Waals surface area contributed by atoms with Crippen molar-refractivity contribution in [3.8, 4) is 0 Å². The summed E-state index contributed by atoms with van der Waals surface area (Å²) in [5, 5.41) is 0.630. The molecule has 2 aromatic heterocycles. The van der Waals surface area contributed by atoms with Gasteiger partial charge in [-0.1, -0.05) is 11.6 Å². The quantitative estimate of drug-likeness (QED) is 0.733. The van der Waals surface area contributed by atoms with Crippen LogP contribution in [0, 0.1) is 0 Å². The molecule has 0 saturated carbocycles. The van der Waals surface area contributed by atoms with Crippen molar-refractivity contribution in [2.75, 3.05) is 0 Å². The Morgan fingerprint density at radius 2 is 2.31 bits per heavy atom. The van der Waals surface area contributed by atoms with E-state index in [-0.39, 0.29) is 6.04 Å². The summed E-state index contributed by atoms with van der Waals surface area (Å²) in [5.41, 5.74) is 8.53. The summed E-state index contributed by atoms with van der Waals surface area (Å²) >= 11 is 5.79. The fraction of sp³-hybridized carbons (Fsp3) is 0.222. The van der Waals surface area contributed by atoms with Crippen LogP contribution in [0.15, 0.2) is 18.3 Å². The van der Waals surface area contributed by atoms with E-state index in [1.165, 1.54) is 0 Å². The molecule has 1 atom stereocenters. The zero-order chi connectivity index (χ0) is 9.42. The summed E-state index contributed by atoms with van der Waals surface area (Å²) in [6.45, 7) is 1.92. The number of halogens is 1. The molecule has 0 fully saturated rings. The van der Waals surface area contributed by atoms with Crippen LogP contribution < -0.4 is 5.73 Å². The Labute approximate surface area is 80.9 Å². The maximum Gasteiger partial charge on any atom is 0.0883 e. The average Bonchev–Trinajstić information content (AvgIpc) is 2.46. The highest BCUT2D eigenvalue weighted by Crippen LogP contribution is 2.19. The van der Waals surface area contributed by atoms with Crippen molar-refractivity contribution in [2.24, 2.45) is 5.73 Å². The maximum absolute atomic E-state index is 5.79. The van der Waals surface area contributed by atoms with E-state index in [1.54, 1.807) is 6.20 Å². The molecule has 0 aromatic carbocycles. The third-order valence-corrected chi connectivity index (χ3v) is 2.15. The smallest absolute Gasteiger partial charge is 0.0883 e. The molecule has 0 bridgehead atoms. The highest BCUT2D eigenvalue weighted by Gasteiger charge is 2.05. The Hall–Kier alpha value is -1.06. The molecule has 4 heteroatoms. The zero-order valence-electron chi connectivity index (χ0n) is 7.21. The van der Waals surface area contributed by atoms with Gasteiger partial charge in [-0.3, -0.25) is 4.98 Å². The van der Waals surface area contributed by atoms with Crippen LogP contribution in [0.3, 0.4) is 0 Å². The monoisotopic (exact) mass is 195 g/mol. The Bertz CT molecular complexity index is 433. The lowest BCUT2D eigenvalue weighted by atomic mass is 10.2. The number of nitrogens with zero attached hydrogens (tertiary/aromatic N) is 1. The van der Waals surface area contributed by atoms with Gasteiger partial charge in [0.15, 0.2) is 0 Å². The number of pyridine rings is 1. The van der Waals surface area contributed by atoms with E-state index in [4.69, 9.17) is 17.3 Å². The van der Waals surface area contributed by atoms with Crippen molar-refractivity contribution >= 4 is 22.6 Å². The second-order valence-electron chi connectivity index (χ2n) is 3.10. The molecule has 13 heavy (non-hydrogen) atoms. The number of rotatable bonds is 1. The van der Waals surface area contributed by atoms with Crippen molar-refractivity contribution in [3.05, 3.63) is 29.0 Å². The van der Waals surface area contributed by atoms with Crippen LogP contribution in [0.4, 0.5) is 0 Å². The number of fused-ring (bicyclic) bond motifs is 1. The van der Waals surface area contributed by atoms with E-state index in [1.807, 2.05) is 19.1 Å². The van der Waals surface area contributed by atoms with Gasteiger partial charge in [-0.25, -0.2) is 0 Å². The molecular weight excluding hydrogens is 186 g/mol. The number of hydrogen-bond acceptors (Lipinski definition) is 2. The first-order chi connectivity index (χ1) is 6.16. The van der Waals surface area contributed by atoms with Gasteiger partial charge in [-0.05, 0) is 19.1 Å². The first-order valence-electron chi connectivity index (χ1n) is 4.06. The minimum atomic E-state index is -0.00650. The van der Waals surface area contributed by atoms with Gasteiger partial charge >= 0.3 is 0 Å². The van der Waals surface area contributed by atoms with Gasteiger partial charge in [-0.2, -0.15) is 0 Å². The standard InChI is InChI=1S/C9H10ClN3/c1-5(11)7-3-8-9(13-7)2-6(10)4-12-8/h2-5,13H,11H2,1H3. The predicted octanol–water partition coefficient (Wildman–Crippen LogP) is 2.24. The van der Waals surface area contributed by atoms with Crippen molar-refractivity contribution < 1.29 is 0 Å². The number of nitrogens with two attached hydrogens (primary N) is 1. The molecule has 0 spiro atoms. The number of nitrogens with one attached hydrogen (secondary N) is 1. The van der Waals surface area contributed by atoms with Crippen LogP contribution in [-0.2, 0) is 0 Å². The van der Waals surface area contributed by atoms with Gasteiger partial charge in [0, 0.05) is 17.9 Å². The van der Waals surface area contributed by atoms with Crippen LogP contribution >= 0.6 is 11.6 Å². The van der Waals surface area contributed by atoms with Gasteiger partial charge < -0.3 is 10.7 Å². The first-order valence-corrected chi connectivity index (χ1v) is 4.44. The molecule has 0 amide bonds. The lowest BCUT2D eigenvalue weighted by Crippen LogP contribution is -2.04. The second kappa shape index (κ2) is 3.01. The van der Waals surface area contributed by atoms with Gasteiger partial charge in [0.25, 0.3) is 0 Å². The number of aromatic amines is 1. The molecule has 0 aliphatic carbocycles. The lowest BCUT2D eigenvalue weighted by Gasteiger charge is -1.98. The third kappa shape index (κ3) is 1.53. The van der Waals surface area contributed by atoms with Crippen molar-refractivity contribution in [1.29, 1.82) is 0 Å². The average molecular weight is 196 g/mol. The van der Waals surface area contributed by atoms with Crippen molar-refractivity contribution in [2.45, 2.75) is 13.0 Å². The van der Waals surface area contributed by atoms with Crippen LogP contribution in [0.5, 0.6) is 0 Å². The molecule has 1 unspecified atom stereocenters. The first kappa shape index (κ1) is 8.53. The van der Waals surface area contributed by atoms with Crippen LogP contribution in [0.1, 0.15) is 18.7 Å². The molecular formula is C9H10ClN3. The van der Waals surface area contributed by atoms with Crippen molar-refractivity contribution in [3.63, 3.8) is 0 Å². The van der Waals surface area contributed by atoms with Crippen LogP contribution in [-0.4, -0.2) is 9.97 Å². The highest BCUT2D eigenvalue weighted by atomic mass is 35.5. The molecule has 3 N–H and O–H groups in total. The van der Waals surface area contributed by atoms with Crippen molar-refractivity contribution in [1.82, 2.24) is 9.97 Å². The van der Waals surface area contributed by atoms with E-state index in [0.29, 0.717) is 5.02 Å². The Kier molecular flexibility index (Phi) is 1.98. The molecule has 2 aromatic rings. The molecule has 0 aliphatic heterocycles. The molecule has 0 aliphatic rings. The van der Waals surface area contributed by atoms with Gasteiger partial charge in [0.05, 0.1) is 16.1 Å². The topological polar surface area (TPSA) is 54.7 Å². The van der Waals surface area contributed by atoms with Crippen LogP contribution in [0.2, 0.25) is 5.02 Å². The normalized spacial score (nSPS) is 13.5. The van der Waals surface area contributed by atoms with E-state index in [9.17, 15) is 0 Å². The fourth-order valence-electron chi connectivity index (χ4n) is 1.25.